The second-order valence-corrected chi connectivity index (χ2v) is 7.18. The van der Waals surface area contributed by atoms with Crippen LogP contribution in [0.1, 0.15) is 37.2 Å². The van der Waals surface area contributed by atoms with Crippen LogP contribution in [0.5, 0.6) is 0 Å². The van der Waals surface area contributed by atoms with Gasteiger partial charge in [-0.2, -0.15) is 0 Å². The van der Waals surface area contributed by atoms with Crippen molar-refractivity contribution in [3.8, 4) is 0 Å². The second-order valence-electron chi connectivity index (χ2n) is 7.18. The summed E-state index contributed by atoms with van der Waals surface area (Å²) in [7, 11) is 0. The smallest absolute Gasteiger partial charge is 0.143 e. The zero-order valence-electron chi connectivity index (χ0n) is 14.8. The van der Waals surface area contributed by atoms with Crippen LogP contribution in [0, 0.1) is 0 Å². The molecule has 0 aliphatic carbocycles. The Bertz CT molecular complexity index is 1090. The molecule has 1 aliphatic heterocycles. The average molecular weight is 344 g/mol. The maximum absolute atomic E-state index is 4.85. The Labute approximate surface area is 151 Å². The standard InChI is InChI=1S/C20H20N6/c1-12(2)18-24-19-15(7-8-21-19)20(25-18)26-9-13(10-26)17-14-5-3-4-6-16(14)22-11-23-17/h3-8,11-13H,9-10H2,1-2H3,(H,21,24,25). The molecule has 0 amide bonds. The van der Waals surface area contributed by atoms with Gasteiger partial charge >= 0.3 is 0 Å². The van der Waals surface area contributed by atoms with Crippen molar-refractivity contribution in [2.75, 3.05) is 18.0 Å². The normalized spacial score (nSPS) is 15.1. The van der Waals surface area contributed by atoms with Gasteiger partial charge in [-0.25, -0.2) is 19.9 Å². The monoisotopic (exact) mass is 344 g/mol. The largest absolute Gasteiger partial charge is 0.354 e. The highest BCUT2D eigenvalue weighted by Crippen LogP contribution is 2.35. The molecule has 1 fully saturated rings. The molecule has 1 aliphatic rings. The topological polar surface area (TPSA) is 70.6 Å². The molecule has 4 heterocycles. The summed E-state index contributed by atoms with van der Waals surface area (Å²) in [6, 6.07) is 10.3. The van der Waals surface area contributed by atoms with Gasteiger partial charge in [-0.05, 0) is 12.1 Å². The van der Waals surface area contributed by atoms with Crippen molar-refractivity contribution in [3.63, 3.8) is 0 Å². The first-order valence-corrected chi connectivity index (χ1v) is 9.00. The lowest BCUT2D eigenvalue weighted by Crippen LogP contribution is -2.46. The van der Waals surface area contributed by atoms with Gasteiger partial charge in [-0.3, -0.25) is 0 Å². The number of hydrogen-bond donors (Lipinski definition) is 1. The number of aromatic nitrogens is 5. The van der Waals surface area contributed by atoms with E-state index < -0.39 is 0 Å². The van der Waals surface area contributed by atoms with E-state index in [4.69, 9.17) is 4.98 Å². The predicted molar refractivity (Wildman–Crippen MR) is 102 cm³/mol. The summed E-state index contributed by atoms with van der Waals surface area (Å²) in [4.78, 5) is 24.0. The van der Waals surface area contributed by atoms with Crippen LogP contribution in [-0.2, 0) is 0 Å². The van der Waals surface area contributed by atoms with Gasteiger partial charge in [0, 0.05) is 36.5 Å². The van der Waals surface area contributed by atoms with E-state index in [1.54, 1.807) is 6.33 Å². The molecule has 1 N–H and O–H groups in total. The van der Waals surface area contributed by atoms with Gasteiger partial charge in [0.2, 0.25) is 0 Å². The van der Waals surface area contributed by atoms with Crippen LogP contribution < -0.4 is 4.90 Å². The number of nitrogens with zero attached hydrogens (tertiary/aromatic N) is 5. The van der Waals surface area contributed by atoms with Gasteiger partial charge in [-0.15, -0.1) is 0 Å². The lowest BCUT2D eigenvalue weighted by atomic mass is 9.93. The molecule has 0 saturated carbocycles. The molecule has 0 bridgehead atoms. The fraction of sp³-hybridized carbons (Fsp3) is 0.300. The molecule has 1 aromatic carbocycles. The number of rotatable bonds is 3. The summed E-state index contributed by atoms with van der Waals surface area (Å²) in [6.07, 6.45) is 3.61. The van der Waals surface area contributed by atoms with Crippen LogP contribution >= 0.6 is 0 Å². The maximum atomic E-state index is 4.85. The summed E-state index contributed by atoms with van der Waals surface area (Å²) in [5.41, 5.74) is 3.05. The summed E-state index contributed by atoms with van der Waals surface area (Å²) in [6.45, 7) is 6.07. The molecular weight excluding hydrogens is 324 g/mol. The zero-order valence-corrected chi connectivity index (χ0v) is 14.8. The number of anilines is 1. The summed E-state index contributed by atoms with van der Waals surface area (Å²) < 4.78 is 0. The van der Waals surface area contributed by atoms with Crippen LogP contribution in [0.3, 0.4) is 0 Å². The number of para-hydroxylation sites is 1. The number of aromatic amines is 1. The first-order chi connectivity index (χ1) is 12.7. The van der Waals surface area contributed by atoms with E-state index >= 15 is 0 Å². The molecule has 4 aromatic rings. The molecule has 6 heteroatoms. The van der Waals surface area contributed by atoms with Crippen LogP contribution in [0.2, 0.25) is 0 Å². The Morgan fingerprint density at radius 2 is 1.88 bits per heavy atom. The third kappa shape index (κ3) is 2.33. The van der Waals surface area contributed by atoms with Crippen LogP contribution in [-0.4, -0.2) is 38.0 Å². The van der Waals surface area contributed by atoms with Crippen molar-refractivity contribution in [3.05, 3.63) is 54.4 Å². The molecule has 130 valence electrons. The van der Waals surface area contributed by atoms with Crippen LogP contribution in [0.15, 0.2) is 42.9 Å². The van der Waals surface area contributed by atoms with E-state index in [2.05, 4.69) is 50.8 Å². The second kappa shape index (κ2) is 5.76. The Hall–Kier alpha value is -3.02. The number of nitrogens with one attached hydrogen (secondary N) is 1. The Morgan fingerprint density at radius 3 is 2.73 bits per heavy atom. The number of H-pyrrole nitrogens is 1. The van der Waals surface area contributed by atoms with Crippen molar-refractivity contribution >= 4 is 27.8 Å². The lowest BCUT2D eigenvalue weighted by Gasteiger charge is -2.40. The molecule has 5 rings (SSSR count). The van der Waals surface area contributed by atoms with E-state index in [-0.39, 0.29) is 0 Å². The molecule has 26 heavy (non-hydrogen) atoms. The maximum Gasteiger partial charge on any atom is 0.143 e. The highest BCUT2D eigenvalue weighted by Gasteiger charge is 2.33. The minimum Gasteiger partial charge on any atom is -0.354 e. The first kappa shape index (κ1) is 15.3. The summed E-state index contributed by atoms with van der Waals surface area (Å²) >= 11 is 0. The van der Waals surface area contributed by atoms with Gasteiger partial charge < -0.3 is 9.88 Å². The molecule has 3 aromatic heterocycles. The van der Waals surface area contributed by atoms with E-state index in [1.807, 2.05) is 24.4 Å². The van der Waals surface area contributed by atoms with Crippen molar-refractivity contribution in [1.29, 1.82) is 0 Å². The van der Waals surface area contributed by atoms with Crippen molar-refractivity contribution in [2.45, 2.75) is 25.7 Å². The molecule has 0 radical (unpaired) electrons. The number of hydrogen-bond acceptors (Lipinski definition) is 5. The SMILES string of the molecule is CC(C)c1nc(N2CC(c3ncnc4ccccc34)C2)c2cc[nH]c2n1. The van der Waals surface area contributed by atoms with Crippen LogP contribution in [0.4, 0.5) is 5.82 Å². The molecule has 1 saturated heterocycles. The summed E-state index contributed by atoms with van der Waals surface area (Å²) in [5, 5.41) is 2.23. The van der Waals surface area contributed by atoms with E-state index in [9.17, 15) is 0 Å². The molecule has 0 unspecified atom stereocenters. The highest BCUT2D eigenvalue weighted by atomic mass is 15.3. The average Bonchev–Trinajstić information content (AvgIpc) is 3.09. The van der Waals surface area contributed by atoms with Crippen molar-refractivity contribution in [1.82, 2.24) is 24.9 Å². The fourth-order valence-electron chi connectivity index (χ4n) is 3.62. The zero-order chi connectivity index (χ0) is 17.7. The quantitative estimate of drug-likeness (QED) is 0.614. The molecule has 6 nitrogen and oxygen atoms in total. The minimum atomic E-state index is 0.296. The predicted octanol–water partition coefficient (Wildman–Crippen LogP) is 3.63. The van der Waals surface area contributed by atoms with Gasteiger partial charge in [-0.1, -0.05) is 32.0 Å². The number of benzene rings is 1. The lowest BCUT2D eigenvalue weighted by molar-refractivity contribution is 0.512. The Kier molecular flexibility index (Phi) is 3.38. The van der Waals surface area contributed by atoms with Gasteiger partial charge in [0.15, 0.2) is 0 Å². The van der Waals surface area contributed by atoms with Gasteiger partial charge in [0.25, 0.3) is 0 Å². The van der Waals surface area contributed by atoms with E-state index in [0.29, 0.717) is 11.8 Å². The fourth-order valence-corrected chi connectivity index (χ4v) is 3.62. The third-order valence-corrected chi connectivity index (χ3v) is 5.07. The number of fused-ring (bicyclic) bond motifs is 2. The highest BCUT2D eigenvalue weighted by molar-refractivity contribution is 5.88. The Morgan fingerprint density at radius 1 is 1.04 bits per heavy atom. The first-order valence-electron chi connectivity index (χ1n) is 9.00. The molecule has 0 spiro atoms. The van der Waals surface area contributed by atoms with Crippen molar-refractivity contribution in [2.24, 2.45) is 0 Å². The van der Waals surface area contributed by atoms with Gasteiger partial charge in [0.05, 0.1) is 16.6 Å². The molecular formula is C20H20N6. The van der Waals surface area contributed by atoms with E-state index in [1.165, 1.54) is 0 Å². The van der Waals surface area contributed by atoms with Gasteiger partial charge in [0.1, 0.15) is 23.6 Å². The molecule has 0 atom stereocenters. The van der Waals surface area contributed by atoms with Crippen LogP contribution in [0.25, 0.3) is 21.9 Å². The van der Waals surface area contributed by atoms with E-state index in [0.717, 1.165) is 52.4 Å². The Balaban J connectivity index is 1.48. The minimum absolute atomic E-state index is 0.296. The summed E-state index contributed by atoms with van der Waals surface area (Å²) in [5.74, 6) is 2.60. The third-order valence-electron chi connectivity index (χ3n) is 5.07. The van der Waals surface area contributed by atoms with Crippen molar-refractivity contribution < 1.29 is 0 Å².